The highest BCUT2D eigenvalue weighted by Crippen LogP contribution is 2.20. The number of hydrogen-bond acceptors (Lipinski definition) is 5. The molecule has 0 fully saturated rings. The van der Waals surface area contributed by atoms with Crippen LogP contribution >= 0.6 is 0 Å². The monoisotopic (exact) mass is 456 g/mol. The van der Waals surface area contributed by atoms with E-state index < -0.39 is 0 Å². The maximum atomic E-state index is 11.2. The molecule has 2 unspecified atom stereocenters. The zero-order chi connectivity index (χ0) is 24.5. The highest BCUT2D eigenvalue weighted by atomic mass is 16.5. The molecule has 0 spiro atoms. The maximum Gasteiger partial charge on any atom is 0.307 e. The van der Waals surface area contributed by atoms with Crippen LogP contribution in [0, 0.1) is 12.8 Å². The first kappa shape index (κ1) is 28.6. The average molecular weight is 457 g/mol. The second kappa shape index (κ2) is 17.1. The summed E-state index contributed by atoms with van der Waals surface area (Å²) < 4.78 is 16.4. The minimum absolute atomic E-state index is 0.0936. The molecule has 0 heterocycles. The molecule has 0 bridgehead atoms. The van der Waals surface area contributed by atoms with Crippen LogP contribution in [0.25, 0.3) is 0 Å². The predicted molar refractivity (Wildman–Crippen MR) is 133 cm³/mol. The summed E-state index contributed by atoms with van der Waals surface area (Å²) >= 11 is 0. The second-order valence-corrected chi connectivity index (χ2v) is 8.21. The maximum absolute atomic E-state index is 11.2. The largest absolute Gasteiger partial charge is 0.469 e. The molecule has 2 aromatic rings. The third-order valence-electron chi connectivity index (χ3n) is 5.13. The number of benzene rings is 2. The Bertz CT molecular complexity index is 786. The molecule has 0 aliphatic rings. The number of aliphatic hydroxyl groups is 1. The lowest BCUT2D eigenvalue weighted by Gasteiger charge is -2.27. The summed E-state index contributed by atoms with van der Waals surface area (Å²) in [5.41, 5.74) is 4.50. The molecular formula is C28H40O5. The van der Waals surface area contributed by atoms with Gasteiger partial charge in [0.1, 0.15) is 0 Å². The van der Waals surface area contributed by atoms with E-state index >= 15 is 0 Å². The number of carbonyl (C=O) groups is 1. The molecule has 0 aromatic heterocycles. The van der Waals surface area contributed by atoms with E-state index in [-0.39, 0.29) is 31.0 Å². The fourth-order valence-corrected chi connectivity index (χ4v) is 3.24. The third kappa shape index (κ3) is 13.0. The van der Waals surface area contributed by atoms with Gasteiger partial charge in [-0.2, -0.15) is 0 Å². The SMILES string of the molecule is C=C(C)COC(CC)C(COCCC(=O)OC)Cc1ccc(C)cc1.OCc1ccccc1. The molecule has 2 atom stereocenters. The summed E-state index contributed by atoms with van der Waals surface area (Å²) in [6.45, 7) is 11.7. The van der Waals surface area contributed by atoms with Crippen molar-refractivity contribution in [3.63, 3.8) is 0 Å². The molecule has 1 N–H and O–H groups in total. The van der Waals surface area contributed by atoms with E-state index in [1.54, 1.807) is 0 Å². The molecule has 5 nitrogen and oxygen atoms in total. The molecule has 2 rings (SSSR count). The second-order valence-electron chi connectivity index (χ2n) is 8.21. The fraction of sp³-hybridized carbons (Fsp3) is 0.464. The van der Waals surface area contributed by atoms with Crippen molar-refractivity contribution in [1.82, 2.24) is 0 Å². The zero-order valence-corrected chi connectivity index (χ0v) is 20.6. The summed E-state index contributed by atoms with van der Waals surface area (Å²) in [5.74, 6) is -0.0228. The fourth-order valence-electron chi connectivity index (χ4n) is 3.24. The smallest absolute Gasteiger partial charge is 0.307 e. The van der Waals surface area contributed by atoms with E-state index in [1.165, 1.54) is 18.2 Å². The zero-order valence-electron chi connectivity index (χ0n) is 20.6. The van der Waals surface area contributed by atoms with Crippen LogP contribution < -0.4 is 0 Å². The number of aliphatic hydroxyl groups excluding tert-OH is 1. The van der Waals surface area contributed by atoms with Crippen LogP contribution in [0.1, 0.15) is 43.4 Å². The highest BCUT2D eigenvalue weighted by molar-refractivity contribution is 5.69. The van der Waals surface area contributed by atoms with Crippen molar-refractivity contribution in [3.8, 4) is 0 Å². The Balaban J connectivity index is 0.000000568. The Hall–Kier alpha value is -2.47. The molecule has 2 aromatic carbocycles. The summed E-state index contributed by atoms with van der Waals surface area (Å²) in [5, 5.41) is 8.54. The van der Waals surface area contributed by atoms with Crippen LogP contribution in [-0.2, 0) is 32.0 Å². The van der Waals surface area contributed by atoms with Gasteiger partial charge in [0.15, 0.2) is 0 Å². The first-order valence-corrected chi connectivity index (χ1v) is 11.5. The van der Waals surface area contributed by atoms with Crippen LogP contribution in [0.5, 0.6) is 0 Å². The molecule has 0 aliphatic carbocycles. The van der Waals surface area contributed by atoms with Crippen LogP contribution in [0.2, 0.25) is 0 Å². The molecular weight excluding hydrogens is 416 g/mol. The molecule has 33 heavy (non-hydrogen) atoms. The van der Waals surface area contributed by atoms with Crippen molar-refractivity contribution in [2.45, 2.75) is 52.7 Å². The van der Waals surface area contributed by atoms with E-state index in [9.17, 15) is 4.79 Å². The Morgan fingerprint density at radius 3 is 2.24 bits per heavy atom. The van der Waals surface area contributed by atoms with Crippen LogP contribution in [0.4, 0.5) is 0 Å². The van der Waals surface area contributed by atoms with Gasteiger partial charge in [0.25, 0.3) is 0 Å². The van der Waals surface area contributed by atoms with Crippen molar-refractivity contribution < 1.29 is 24.1 Å². The first-order chi connectivity index (χ1) is 15.9. The predicted octanol–water partition coefficient (Wildman–Crippen LogP) is 5.28. The minimum Gasteiger partial charge on any atom is -0.469 e. The van der Waals surface area contributed by atoms with E-state index in [0.29, 0.717) is 19.8 Å². The van der Waals surface area contributed by atoms with Gasteiger partial charge >= 0.3 is 5.97 Å². The number of methoxy groups -OCH3 is 1. The van der Waals surface area contributed by atoms with E-state index in [4.69, 9.17) is 14.6 Å². The van der Waals surface area contributed by atoms with Gasteiger partial charge in [0.05, 0.1) is 46.1 Å². The number of ether oxygens (including phenoxy) is 3. The standard InChI is InChI=1S/C21H32O4.C7H8O/c1-6-20(25-14-16(2)3)19(15-24-12-11-21(22)23-5)13-18-9-7-17(4)8-10-18;8-6-7-4-2-1-3-5-7/h7-10,19-20H,2,6,11-15H2,1,3-5H3;1-5,8H,6H2. The van der Waals surface area contributed by atoms with Gasteiger partial charge in [-0.3, -0.25) is 4.79 Å². The van der Waals surface area contributed by atoms with Crippen molar-refractivity contribution in [2.75, 3.05) is 26.9 Å². The molecule has 0 amide bonds. The van der Waals surface area contributed by atoms with Crippen molar-refractivity contribution in [3.05, 3.63) is 83.4 Å². The van der Waals surface area contributed by atoms with Gasteiger partial charge in [0, 0.05) is 5.92 Å². The Kier molecular flexibility index (Phi) is 14.8. The van der Waals surface area contributed by atoms with Crippen molar-refractivity contribution >= 4 is 5.97 Å². The van der Waals surface area contributed by atoms with Gasteiger partial charge in [-0.15, -0.1) is 0 Å². The number of hydrogen-bond donors (Lipinski definition) is 1. The van der Waals surface area contributed by atoms with Crippen LogP contribution in [-0.4, -0.2) is 44.1 Å². The van der Waals surface area contributed by atoms with Crippen molar-refractivity contribution in [2.24, 2.45) is 5.92 Å². The van der Waals surface area contributed by atoms with Gasteiger partial charge in [-0.25, -0.2) is 0 Å². The van der Waals surface area contributed by atoms with E-state index in [2.05, 4.69) is 49.4 Å². The lowest BCUT2D eigenvalue weighted by atomic mass is 9.92. The van der Waals surface area contributed by atoms with Crippen LogP contribution in [0.15, 0.2) is 66.7 Å². The van der Waals surface area contributed by atoms with Gasteiger partial charge in [-0.1, -0.05) is 79.2 Å². The lowest BCUT2D eigenvalue weighted by Crippen LogP contribution is -2.30. The van der Waals surface area contributed by atoms with Crippen molar-refractivity contribution in [1.29, 1.82) is 0 Å². The number of carbonyl (C=O) groups excluding carboxylic acids is 1. The molecule has 0 saturated carbocycles. The van der Waals surface area contributed by atoms with Gasteiger partial charge < -0.3 is 19.3 Å². The van der Waals surface area contributed by atoms with Crippen LogP contribution in [0.3, 0.4) is 0 Å². The van der Waals surface area contributed by atoms with E-state index in [1.807, 2.05) is 37.3 Å². The minimum atomic E-state index is -0.249. The Morgan fingerprint density at radius 2 is 1.73 bits per heavy atom. The molecule has 182 valence electrons. The third-order valence-corrected chi connectivity index (χ3v) is 5.13. The van der Waals surface area contributed by atoms with Gasteiger partial charge in [-0.05, 0) is 37.8 Å². The molecule has 0 saturated heterocycles. The Labute approximate surface area is 199 Å². The topological polar surface area (TPSA) is 65.0 Å². The number of esters is 1. The molecule has 0 aliphatic heterocycles. The number of rotatable bonds is 13. The summed E-state index contributed by atoms with van der Waals surface area (Å²) in [7, 11) is 1.39. The Morgan fingerprint density at radius 1 is 1.06 bits per heavy atom. The first-order valence-electron chi connectivity index (χ1n) is 11.5. The quantitative estimate of drug-likeness (QED) is 0.252. The highest BCUT2D eigenvalue weighted by Gasteiger charge is 2.22. The molecule has 0 radical (unpaired) electrons. The summed E-state index contributed by atoms with van der Waals surface area (Å²) in [4.78, 5) is 11.2. The normalized spacial score (nSPS) is 12.3. The van der Waals surface area contributed by atoms with E-state index in [0.717, 1.165) is 24.0 Å². The molecule has 5 heteroatoms. The average Bonchev–Trinajstić information content (AvgIpc) is 2.83. The lowest BCUT2D eigenvalue weighted by molar-refractivity contribution is -0.142. The summed E-state index contributed by atoms with van der Waals surface area (Å²) in [6.07, 6.45) is 2.16. The summed E-state index contributed by atoms with van der Waals surface area (Å²) in [6, 6.07) is 18.1. The van der Waals surface area contributed by atoms with Gasteiger partial charge in [0.2, 0.25) is 0 Å². The number of aryl methyl sites for hydroxylation is 1.